The molecular formula is C31H26IrN3-. The molecule has 0 fully saturated rings. The minimum Gasteiger partial charge on any atom is -0.351 e. The maximum absolute atomic E-state index is 4.76. The summed E-state index contributed by atoms with van der Waals surface area (Å²) in [5.74, 6) is 0.907. The number of hydrogen-bond acceptors (Lipinski definition) is 1. The van der Waals surface area contributed by atoms with Crippen LogP contribution in [0, 0.1) is 33.8 Å². The number of para-hydroxylation sites is 1. The average molecular weight is 633 g/mol. The summed E-state index contributed by atoms with van der Waals surface area (Å²) in [6.45, 7) is 8.61. The Hall–Kier alpha value is -3.46. The first-order valence-electron chi connectivity index (χ1n) is 11.6. The van der Waals surface area contributed by atoms with E-state index >= 15 is 0 Å². The molecule has 0 unspecified atom stereocenters. The normalized spacial score (nSPS) is 11.2. The predicted molar refractivity (Wildman–Crippen MR) is 141 cm³/mol. The summed E-state index contributed by atoms with van der Waals surface area (Å²) in [4.78, 5) is 4.76. The van der Waals surface area contributed by atoms with E-state index in [1.807, 2.05) is 12.4 Å². The summed E-state index contributed by atoms with van der Waals surface area (Å²) >= 11 is 0. The van der Waals surface area contributed by atoms with Crippen LogP contribution in [0.2, 0.25) is 0 Å². The molecule has 0 atom stereocenters. The van der Waals surface area contributed by atoms with Gasteiger partial charge in [0.15, 0.2) is 0 Å². The minimum absolute atomic E-state index is 0. The number of benzene rings is 4. The summed E-state index contributed by atoms with van der Waals surface area (Å²) in [6, 6.07) is 29.6. The second-order valence-corrected chi connectivity index (χ2v) is 9.21. The van der Waals surface area contributed by atoms with Gasteiger partial charge in [-0.3, -0.25) is 4.98 Å². The summed E-state index contributed by atoms with van der Waals surface area (Å²) in [7, 11) is 0. The van der Waals surface area contributed by atoms with Crippen LogP contribution in [0.5, 0.6) is 0 Å². The van der Waals surface area contributed by atoms with Gasteiger partial charge in [0, 0.05) is 49.4 Å². The van der Waals surface area contributed by atoms with Gasteiger partial charge < -0.3 is 9.13 Å². The minimum atomic E-state index is 0. The van der Waals surface area contributed by atoms with Gasteiger partial charge in [0.1, 0.15) is 0 Å². The zero-order chi connectivity index (χ0) is 23.4. The summed E-state index contributed by atoms with van der Waals surface area (Å²) in [6.07, 6.45) is 3.93. The third-order valence-corrected chi connectivity index (χ3v) is 6.62. The van der Waals surface area contributed by atoms with Crippen LogP contribution in [0.25, 0.3) is 44.6 Å². The zero-order valence-corrected chi connectivity index (χ0v) is 22.7. The van der Waals surface area contributed by atoms with Crippen molar-refractivity contribution in [2.24, 2.45) is 0 Å². The van der Waals surface area contributed by atoms with Crippen molar-refractivity contribution in [2.75, 3.05) is 0 Å². The first-order valence-corrected chi connectivity index (χ1v) is 11.6. The van der Waals surface area contributed by atoms with E-state index in [1.54, 1.807) is 0 Å². The molecule has 4 heteroatoms. The second kappa shape index (κ2) is 8.96. The fourth-order valence-corrected chi connectivity index (χ4v) is 5.32. The number of aromatic nitrogens is 3. The Morgan fingerprint density at radius 1 is 0.743 bits per heavy atom. The molecular weight excluding hydrogens is 607 g/mol. The van der Waals surface area contributed by atoms with E-state index in [4.69, 9.17) is 4.98 Å². The smallest absolute Gasteiger partial charge is 0.0603 e. The van der Waals surface area contributed by atoms with Crippen LogP contribution in [0.1, 0.15) is 22.3 Å². The second-order valence-electron chi connectivity index (χ2n) is 9.21. The van der Waals surface area contributed by atoms with E-state index in [0.29, 0.717) is 0 Å². The van der Waals surface area contributed by atoms with Crippen molar-refractivity contribution < 1.29 is 20.1 Å². The quantitative estimate of drug-likeness (QED) is 0.184. The molecule has 3 nitrogen and oxygen atoms in total. The number of hydrogen-bond donors (Lipinski definition) is 0. The van der Waals surface area contributed by atoms with Crippen LogP contribution >= 0.6 is 0 Å². The van der Waals surface area contributed by atoms with Crippen LogP contribution in [0.15, 0.2) is 85.2 Å². The molecule has 4 aromatic carbocycles. The van der Waals surface area contributed by atoms with Crippen LogP contribution in [0.4, 0.5) is 0 Å². The van der Waals surface area contributed by atoms with Crippen LogP contribution < -0.4 is 0 Å². The monoisotopic (exact) mass is 633 g/mol. The summed E-state index contributed by atoms with van der Waals surface area (Å²) in [5, 5.41) is 2.44. The number of nitrogens with zero attached hydrogens (tertiary/aromatic N) is 3. The van der Waals surface area contributed by atoms with Crippen molar-refractivity contribution in [2.45, 2.75) is 27.7 Å². The molecule has 2 heterocycles. The van der Waals surface area contributed by atoms with Gasteiger partial charge in [0.25, 0.3) is 0 Å². The van der Waals surface area contributed by atoms with Crippen molar-refractivity contribution in [1.29, 1.82) is 0 Å². The SMILES string of the molecule is Cc1cccc(-n2c3c[c-]c(-c4nccn4-c4c(C)cc(C)cc4C)cc3c3ccccc32)c1.[Ir]. The van der Waals surface area contributed by atoms with Gasteiger partial charge in [-0.15, -0.1) is 23.8 Å². The fourth-order valence-electron chi connectivity index (χ4n) is 5.32. The Morgan fingerprint density at radius 2 is 1.51 bits per heavy atom. The Bertz CT molecular complexity index is 1680. The molecule has 0 aliphatic rings. The van der Waals surface area contributed by atoms with E-state index in [1.165, 1.54) is 49.9 Å². The molecule has 6 rings (SSSR count). The molecule has 0 aliphatic heterocycles. The van der Waals surface area contributed by atoms with E-state index in [0.717, 1.165) is 16.9 Å². The zero-order valence-electron chi connectivity index (χ0n) is 20.3. The number of rotatable bonds is 3. The maximum atomic E-state index is 4.76. The summed E-state index contributed by atoms with van der Waals surface area (Å²) in [5.41, 5.74) is 10.7. The van der Waals surface area contributed by atoms with Crippen LogP contribution in [0.3, 0.4) is 0 Å². The fraction of sp³-hybridized carbons (Fsp3) is 0.129. The van der Waals surface area contributed by atoms with Crippen molar-refractivity contribution in [3.05, 3.63) is 114 Å². The standard InChI is InChI=1S/C31H26N3.Ir/c1-20-8-7-9-25(18-20)34-28-11-6-5-10-26(28)27-19-24(12-13-29(27)34)31-32-14-15-33(31)30-22(3)16-21(2)17-23(30)4;/h5-11,13-19H,1-4H3;/q-1;. The van der Waals surface area contributed by atoms with Crippen molar-refractivity contribution in [1.82, 2.24) is 14.1 Å². The van der Waals surface area contributed by atoms with E-state index in [9.17, 15) is 0 Å². The average Bonchev–Trinajstić information content (AvgIpc) is 3.41. The molecule has 2 aromatic heterocycles. The first-order chi connectivity index (χ1) is 16.5. The Kier molecular flexibility index (Phi) is 5.96. The van der Waals surface area contributed by atoms with Crippen LogP contribution in [-0.2, 0) is 20.1 Å². The predicted octanol–water partition coefficient (Wildman–Crippen LogP) is 7.67. The van der Waals surface area contributed by atoms with Gasteiger partial charge in [-0.25, -0.2) is 0 Å². The van der Waals surface area contributed by atoms with Gasteiger partial charge >= 0.3 is 0 Å². The largest absolute Gasteiger partial charge is 0.351 e. The molecule has 0 saturated carbocycles. The van der Waals surface area contributed by atoms with Gasteiger partial charge in [0.2, 0.25) is 0 Å². The third-order valence-electron chi connectivity index (χ3n) is 6.62. The van der Waals surface area contributed by atoms with E-state index in [2.05, 4.69) is 116 Å². The molecule has 1 radical (unpaired) electrons. The van der Waals surface area contributed by atoms with E-state index in [-0.39, 0.29) is 20.1 Å². The Balaban J connectivity index is 0.00000253. The molecule has 0 aliphatic carbocycles. The van der Waals surface area contributed by atoms with Gasteiger partial charge in [0.05, 0.1) is 5.82 Å². The van der Waals surface area contributed by atoms with Crippen LogP contribution in [-0.4, -0.2) is 14.1 Å². The first kappa shape index (κ1) is 23.3. The molecule has 0 bridgehead atoms. The Morgan fingerprint density at radius 3 is 2.29 bits per heavy atom. The van der Waals surface area contributed by atoms with Gasteiger partial charge in [-0.05, 0) is 73.5 Å². The molecule has 0 spiro atoms. The van der Waals surface area contributed by atoms with Crippen molar-refractivity contribution >= 4 is 21.8 Å². The van der Waals surface area contributed by atoms with Crippen molar-refractivity contribution in [3.8, 4) is 22.8 Å². The molecule has 0 amide bonds. The maximum Gasteiger partial charge on any atom is 0.0603 e. The molecule has 35 heavy (non-hydrogen) atoms. The van der Waals surface area contributed by atoms with Gasteiger partial charge in [-0.2, -0.15) is 0 Å². The topological polar surface area (TPSA) is 22.8 Å². The number of aryl methyl sites for hydroxylation is 4. The number of fused-ring (bicyclic) bond motifs is 3. The number of imidazole rings is 1. The third kappa shape index (κ3) is 3.83. The summed E-state index contributed by atoms with van der Waals surface area (Å²) < 4.78 is 4.53. The van der Waals surface area contributed by atoms with Crippen molar-refractivity contribution in [3.63, 3.8) is 0 Å². The molecule has 175 valence electrons. The van der Waals surface area contributed by atoms with Gasteiger partial charge in [-0.1, -0.05) is 53.4 Å². The molecule has 0 N–H and O–H groups in total. The van der Waals surface area contributed by atoms with E-state index < -0.39 is 0 Å². The molecule has 0 saturated heterocycles. The molecule has 6 aromatic rings. The Labute approximate surface area is 219 Å².